The summed E-state index contributed by atoms with van der Waals surface area (Å²) in [5.74, 6) is -1.65. The predicted molar refractivity (Wildman–Crippen MR) is 111 cm³/mol. The molecule has 2 aromatic carbocycles. The second kappa shape index (κ2) is 8.60. The van der Waals surface area contributed by atoms with Gasteiger partial charge in [-0.3, -0.25) is 0 Å². The minimum absolute atomic E-state index is 0.154. The molecule has 4 unspecified atom stereocenters. The fraction of sp³-hybridized carbons (Fsp3) is 0.560. The second-order valence-corrected chi connectivity index (χ2v) is 9.14. The third kappa shape index (κ3) is 3.83. The highest BCUT2D eigenvalue weighted by Crippen LogP contribution is 2.48. The summed E-state index contributed by atoms with van der Waals surface area (Å²) in [5, 5.41) is -0.198. The number of fused-ring (bicyclic) bond motifs is 2. The van der Waals surface area contributed by atoms with Gasteiger partial charge >= 0.3 is 5.97 Å². The molecule has 0 saturated heterocycles. The summed E-state index contributed by atoms with van der Waals surface area (Å²) in [6, 6.07) is 4.11. The number of rotatable bonds is 4. The van der Waals surface area contributed by atoms with E-state index in [0.717, 1.165) is 49.8 Å². The molecule has 0 aromatic heterocycles. The number of carbonyl (C=O) groups excluding carboxylic acids is 1. The van der Waals surface area contributed by atoms with E-state index in [1.165, 1.54) is 38.2 Å². The van der Waals surface area contributed by atoms with Crippen molar-refractivity contribution in [3.05, 3.63) is 46.8 Å². The zero-order valence-corrected chi connectivity index (χ0v) is 17.6. The Balaban J connectivity index is 1.61. The Morgan fingerprint density at radius 2 is 1.73 bits per heavy atom. The lowest BCUT2D eigenvalue weighted by Gasteiger charge is -2.42. The molecule has 2 nitrogen and oxygen atoms in total. The molecule has 0 heterocycles. The standard InChI is InChI=1S/C25H29F3O2/c1-3-4-14-5-6-16-10-17(8-7-15(16)9-14)18-11-19-13-21(27)23(25(29)30-2)24(28)22(19)20(26)12-18/h11-17H,3-10H2,1-2H3. The Morgan fingerprint density at radius 1 is 1.00 bits per heavy atom. The zero-order valence-electron chi connectivity index (χ0n) is 17.6. The van der Waals surface area contributed by atoms with E-state index >= 15 is 0 Å². The maximum Gasteiger partial charge on any atom is 0.343 e. The van der Waals surface area contributed by atoms with Crippen LogP contribution in [0.2, 0.25) is 0 Å². The summed E-state index contributed by atoms with van der Waals surface area (Å²) in [5.41, 5.74) is -0.0419. The molecule has 2 aromatic rings. The number of ether oxygens (including phenoxy) is 1. The molecule has 0 amide bonds. The normalized spacial score (nSPS) is 26.4. The molecule has 0 spiro atoms. The Labute approximate surface area is 175 Å². The smallest absolute Gasteiger partial charge is 0.343 e. The van der Waals surface area contributed by atoms with Crippen LogP contribution in [0.5, 0.6) is 0 Å². The number of benzene rings is 2. The topological polar surface area (TPSA) is 26.3 Å². The minimum Gasteiger partial charge on any atom is -0.465 e. The summed E-state index contributed by atoms with van der Waals surface area (Å²) in [4.78, 5) is 11.7. The zero-order chi connectivity index (χ0) is 21.4. The first kappa shape index (κ1) is 21.2. The highest BCUT2D eigenvalue weighted by Gasteiger charge is 2.36. The van der Waals surface area contributed by atoms with Crippen molar-refractivity contribution >= 4 is 16.7 Å². The number of hydrogen-bond acceptors (Lipinski definition) is 2. The molecule has 0 radical (unpaired) electrons. The van der Waals surface area contributed by atoms with Crippen LogP contribution in [0.1, 0.15) is 80.1 Å². The third-order valence-electron chi connectivity index (χ3n) is 7.38. The lowest BCUT2D eigenvalue weighted by molar-refractivity contribution is 0.0590. The monoisotopic (exact) mass is 418 g/mol. The van der Waals surface area contributed by atoms with Crippen LogP contribution in [0.15, 0.2) is 18.2 Å². The SMILES string of the molecule is CCCC1CCC2CC(c3cc(F)c4c(F)c(C(=O)OC)c(F)cc4c3)CCC2C1. The van der Waals surface area contributed by atoms with E-state index in [1.807, 2.05) is 0 Å². The van der Waals surface area contributed by atoms with E-state index in [0.29, 0.717) is 5.92 Å². The van der Waals surface area contributed by atoms with Crippen LogP contribution in [0, 0.1) is 35.2 Å². The van der Waals surface area contributed by atoms with Crippen molar-refractivity contribution in [2.24, 2.45) is 17.8 Å². The Morgan fingerprint density at radius 3 is 2.47 bits per heavy atom. The summed E-state index contributed by atoms with van der Waals surface area (Å²) < 4.78 is 48.5. The number of esters is 1. The predicted octanol–water partition coefficient (Wildman–Crippen LogP) is 7.14. The first-order valence-electron chi connectivity index (χ1n) is 11.1. The van der Waals surface area contributed by atoms with Crippen molar-refractivity contribution in [3.8, 4) is 0 Å². The average molecular weight is 418 g/mol. The van der Waals surface area contributed by atoms with Gasteiger partial charge in [-0.05, 0) is 78.9 Å². The van der Waals surface area contributed by atoms with Gasteiger partial charge in [-0.25, -0.2) is 18.0 Å². The van der Waals surface area contributed by atoms with Gasteiger partial charge in [0.25, 0.3) is 0 Å². The average Bonchev–Trinajstić information content (AvgIpc) is 2.72. The lowest BCUT2D eigenvalue weighted by atomic mass is 9.63. The van der Waals surface area contributed by atoms with Gasteiger partial charge in [-0.2, -0.15) is 0 Å². The first-order chi connectivity index (χ1) is 14.4. The summed E-state index contributed by atoms with van der Waals surface area (Å²) >= 11 is 0. The summed E-state index contributed by atoms with van der Waals surface area (Å²) in [7, 11) is 1.04. The van der Waals surface area contributed by atoms with Crippen LogP contribution in [0.4, 0.5) is 13.2 Å². The number of halogens is 3. The summed E-state index contributed by atoms with van der Waals surface area (Å²) in [6.45, 7) is 2.25. The van der Waals surface area contributed by atoms with Crippen molar-refractivity contribution in [1.82, 2.24) is 0 Å². The van der Waals surface area contributed by atoms with Crippen molar-refractivity contribution in [2.45, 2.75) is 64.2 Å². The maximum absolute atomic E-state index is 14.9. The molecule has 2 aliphatic rings. The molecule has 0 aliphatic heterocycles. The molecule has 0 bridgehead atoms. The van der Waals surface area contributed by atoms with Gasteiger partial charge in [-0.15, -0.1) is 0 Å². The van der Waals surface area contributed by atoms with Crippen molar-refractivity contribution in [2.75, 3.05) is 7.11 Å². The third-order valence-corrected chi connectivity index (χ3v) is 7.38. The number of methoxy groups -OCH3 is 1. The van der Waals surface area contributed by atoms with Crippen LogP contribution in [0.3, 0.4) is 0 Å². The molecule has 0 N–H and O–H groups in total. The lowest BCUT2D eigenvalue weighted by Crippen LogP contribution is -2.30. The van der Waals surface area contributed by atoms with Gasteiger partial charge in [-0.1, -0.05) is 32.3 Å². The molecule has 5 heteroatoms. The molecule has 30 heavy (non-hydrogen) atoms. The largest absolute Gasteiger partial charge is 0.465 e. The van der Waals surface area contributed by atoms with Gasteiger partial charge < -0.3 is 4.74 Å². The van der Waals surface area contributed by atoms with Crippen LogP contribution in [0.25, 0.3) is 10.8 Å². The van der Waals surface area contributed by atoms with Crippen molar-refractivity contribution < 1.29 is 22.7 Å². The minimum atomic E-state index is -1.20. The van der Waals surface area contributed by atoms with Crippen LogP contribution in [-0.2, 0) is 4.74 Å². The first-order valence-corrected chi connectivity index (χ1v) is 11.1. The molecule has 162 valence electrons. The fourth-order valence-corrected chi connectivity index (χ4v) is 5.92. The van der Waals surface area contributed by atoms with Crippen molar-refractivity contribution in [1.29, 1.82) is 0 Å². The van der Waals surface area contributed by atoms with Gasteiger partial charge in [0.2, 0.25) is 0 Å². The number of carbonyl (C=O) groups is 1. The highest BCUT2D eigenvalue weighted by molar-refractivity contribution is 5.96. The molecular weight excluding hydrogens is 389 g/mol. The number of hydrogen-bond donors (Lipinski definition) is 0. The quantitative estimate of drug-likeness (QED) is 0.493. The Hall–Kier alpha value is -2.04. The van der Waals surface area contributed by atoms with E-state index in [2.05, 4.69) is 11.7 Å². The fourth-order valence-electron chi connectivity index (χ4n) is 5.92. The maximum atomic E-state index is 14.9. The molecule has 2 fully saturated rings. The van der Waals surface area contributed by atoms with E-state index in [9.17, 15) is 18.0 Å². The van der Waals surface area contributed by atoms with E-state index in [1.54, 1.807) is 6.07 Å². The molecule has 4 rings (SSSR count). The van der Waals surface area contributed by atoms with Crippen LogP contribution < -0.4 is 0 Å². The van der Waals surface area contributed by atoms with Crippen LogP contribution >= 0.6 is 0 Å². The molecular formula is C25H29F3O2. The van der Waals surface area contributed by atoms with E-state index < -0.39 is 29.0 Å². The van der Waals surface area contributed by atoms with Gasteiger partial charge in [0.15, 0.2) is 5.82 Å². The van der Waals surface area contributed by atoms with Gasteiger partial charge in [0.1, 0.15) is 17.2 Å². The second-order valence-electron chi connectivity index (χ2n) is 9.14. The molecule has 2 saturated carbocycles. The van der Waals surface area contributed by atoms with E-state index in [-0.39, 0.29) is 16.7 Å². The molecule has 2 aliphatic carbocycles. The molecule has 4 atom stereocenters. The van der Waals surface area contributed by atoms with Crippen molar-refractivity contribution in [3.63, 3.8) is 0 Å². The van der Waals surface area contributed by atoms with Gasteiger partial charge in [0.05, 0.1) is 12.5 Å². The Kier molecular flexibility index (Phi) is 6.08. The van der Waals surface area contributed by atoms with Gasteiger partial charge in [0, 0.05) is 0 Å². The van der Waals surface area contributed by atoms with E-state index in [4.69, 9.17) is 0 Å². The Bertz CT molecular complexity index is 955. The summed E-state index contributed by atoms with van der Waals surface area (Å²) in [6.07, 6.45) is 9.51. The van der Waals surface area contributed by atoms with Crippen LogP contribution in [-0.4, -0.2) is 13.1 Å². The highest BCUT2D eigenvalue weighted by atomic mass is 19.1.